The molecule has 17 heteroatoms. The van der Waals surface area contributed by atoms with Gasteiger partial charge in [-0.1, -0.05) is 30.3 Å². The molecule has 70 heavy (non-hydrogen) atoms. The fourth-order valence-corrected chi connectivity index (χ4v) is 11.9. The van der Waals surface area contributed by atoms with Crippen molar-refractivity contribution < 1.29 is 23.9 Å². The third-order valence-electron chi connectivity index (χ3n) is 15.9. The summed E-state index contributed by atoms with van der Waals surface area (Å²) in [5, 5.41) is 8.31. The Morgan fingerprint density at radius 1 is 0.714 bits per heavy atom. The number of piperidine rings is 4. The van der Waals surface area contributed by atoms with E-state index in [1.807, 2.05) is 60.7 Å². The summed E-state index contributed by atoms with van der Waals surface area (Å²) < 4.78 is 8.10. The third-order valence-corrected chi connectivity index (χ3v) is 15.9. The van der Waals surface area contributed by atoms with Crippen molar-refractivity contribution in [3.63, 3.8) is 0 Å². The molecule has 6 aliphatic heterocycles. The van der Waals surface area contributed by atoms with E-state index < -0.39 is 6.04 Å². The number of nitrogens with one attached hydrogen (secondary N) is 1. The molecule has 1 unspecified atom stereocenters. The molecule has 0 aliphatic carbocycles. The van der Waals surface area contributed by atoms with E-state index in [0.29, 0.717) is 36.3 Å². The lowest BCUT2D eigenvalue weighted by Crippen LogP contribution is -2.56. The lowest BCUT2D eigenvalue weighted by molar-refractivity contribution is -0.136. The number of carbonyl (C=O) groups excluding carboxylic acids is 4. The van der Waals surface area contributed by atoms with Crippen LogP contribution in [0.4, 0.5) is 10.6 Å². The minimum absolute atomic E-state index is 0.117. The molecule has 3 N–H and O–H groups in total. The molecule has 0 radical (unpaired) electrons. The number of piperazine rings is 1. The number of anilines is 1. The smallest absolute Gasteiger partial charge is 0.320 e. The van der Waals surface area contributed by atoms with Crippen molar-refractivity contribution in [3.05, 3.63) is 95.8 Å². The molecule has 366 valence electrons. The number of aromatic nitrogens is 4. The Hall–Kier alpha value is -6.43. The first-order chi connectivity index (χ1) is 34.2. The molecule has 5 aromatic rings. The maximum absolute atomic E-state index is 13.7. The lowest BCUT2D eigenvalue weighted by atomic mass is 9.88. The lowest BCUT2D eigenvalue weighted by Gasteiger charge is -2.43. The molecule has 17 nitrogen and oxygen atoms in total. The number of para-hydroxylation sites is 1. The van der Waals surface area contributed by atoms with Gasteiger partial charge in [-0.15, -0.1) is 0 Å². The van der Waals surface area contributed by atoms with Gasteiger partial charge in [0.1, 0.15) is 35.4 Å². The van der Waals surface area contributed by atoms with E-state index >= 15 is 0 Å². The quantitative estimate of drug-likeness (QED) is 0.154. The van der Waals surface area contributed by atoms with E-state index in [9.17, 15) is 19.2 Å². The van der Waals surface area contributed by atoms with Crippen molar-refractivity contribution in [2.24, 2.45) is 0 Å². The zero-order chi connectivity index (χ0) is 47.7. The highest BCUT2D eigenvalue weighted by atomic mass is 16.5. The Morgan fingerprint density at radius 2 is 1.40 bits per heavy atom. The zero-order valence-corrected chi connectivity index (χ0v) is 40.0. The summed E-state index contributed by atoms with van der Waals surface area (Å²) in [6.45, 7) is 11.6. The largest absolute Gasteiger partial charge is 0.457 e. The first kappa shape index (κ1) is 46.0. The second kappa shape index (κ2) is 20.1. The van der Waals surface area contributed by atoms with Crippen LogP contribution < -0.4 is 15.8 Å². The fourth-order valence-electron chi connectivity index (χ4n) is 11.9. The van der Waals surface area contributed by atoms with E-state index in [1.54, 1.807) is 4.90 Å². The van der Waals surface area contributed by atoms with Crippen LogP contribution in [0.3, 0.4) is 0 Å². The molecule has 1 atom stereocenters. The summed E-state index contributed by atoms with van der Waals surface area (Å²) in [7, 11) is 0. The van der Waals surface area contributed by atoms with Crippen LogP contribution in [0.15, 0.2) is 79.1 Å². The van der Waals surface area contributed by atoms with Crippen LogP contribution in [0.1, 0.15) is 91.2 Å². The summed E-state index contributed by atoms with van der Waals surface area (Å²) in [4.78, 5) is 73.6. The molecule has 5 fully saturated rings. The van der Waals surface area contributed by atoms with Gasteiger partial charge in [0.15, 0.2) is 5.65 Å². The number of fused-ring (bicyclic) bond motifs is 2. The summed E-state index contributed by atoms with van der Waals surface area (Å²) in [6.07, 6.45) is 9.37. The summed E-state index contributed by atoms with van der Waals surface area (Å²) in [5.74, 6) is 1.65. The minimum Gasteiger partial charge on any atom is -0.457 e. The van der Waals surface area contributed by atoms with Crippen molar-refractivity contribution in [2.45, 2.75) is 88.4 Å². The van der Waals surface area contributed by atoms with Crippen molar-refractivity contribution in [1.29, 1.82) is 0 Å². The molecule has 5 saturated heterocycles. The highest BCUT2D eigenvalue weighted by Crippen LogP contribution is 2.37. The average Bonchev–Trinajstić information content (AvgIpc) is 3.95. The van der Waals surface area contributed by atoms with Crippen molar-refractivity contribution in [2.75, 3.05) is 84.3 Å². The van der Waals surface area contributed by atoms with E-state index in [2.05, 4.69) is 56.6 Å². The van der Waals surface area contributed by atoms with Crippen LogP contribution in [0.2, 0.25) is 0 Å². The summed E-state index contributed by atoms with van der Waals surface area (Å²) >= 11 is 0. The number of ether oxygens (including phenoxy) is 1. The molecule has 0 saturated carbocycles. The van der Waals surface area contributed by atoms with Crippen LogP contribution in [0.5, 0.6) is 11.5 Å². The monoisotopic (exact) mass is 949 g/mol. The van der Waals surface area contributed by atoms with Gasteiger partial charge < -0.3 is 35.0 Å². The molecule has 8 heterocycles. The van der Waals surface area contributed by atoms with Crippen molar-refractivity contribution in [3.8, 4) is 22.8 Å². The molecule has 0 spiro atoms. The van der Waals surface area contributed by atoms with Crippen LogP contribution in [0, 0.1) is 0 Å². The molecule has 5 amide bonds. The molecular formula is C53H64N12O5. The van der Waals surface area contributed by atoms with Gasteiger partial charge in [-0.2, -0.15) is 5.10 Å². The molecule has 6 aliphatic rings. The zero-order valence-electron chi connectivity index (χ0n) is 40.0. The highest BCUT2D eigenvalue weighted by molar-refractivity contribution is 6.05. The molecular weight excluding hydrogens is 885 g/mol. The summed E-state index contributed by atoms with van der Waals surface area (Å²) in [6, 6.07) is 24.2. The van der Waals surface area contributed by atoms with Crippen molar-refractivity contribution >= 4 is 40.6 Å². The molecule has 11 rings (SSSR count). The second-order valence-electron chi connectivity index (χ2n) is 20.1. The highest BCUT2D eigenvalue weighted by Gasteiger charge is 2.40. The number of likely N-dealkylation sites (tertiary alicyclic amines) is 3. The number of urea groups is 1. The molecule has 3 aromatic carbocycles. The topological polar surface area (TPSA) is 179 Å². The normalized spacial score (nSPS) is 21.7. The second-order valence-corrected chi connectivity index (χ2v) is 20.1. The number of rotatable bonds is 11. The first-order valence-electron chi connectivity index (χ1n) is 25.5. The minimum atomic E-state index is -0.586. The van der Waals surface area contributed by atoms with Gasteiger partial charge in [-0.05, 0) is 137 Å². The van der Waals surface area contributed by atoms with E-state index in [-0.39, 0.29) is 36.2 Å². The summed E-state index contributed by atoms with van der Waals surface area (Å²) in [5.41, 5.74) is 11.9. The Balaban J connectivity index is 0.590. The number of amides is 5. The standard InChI is InChI=1S/C53H64N12O5/c54-49-47-48(37-7-10-43(11-8-37)70-42-5-2-1-3-6-42)58-65(50(47)56-35-55-49)41-19-25-61(26-20-41)40-17-27-62(28-18-40)53(69)63-31-29-60(30-32-63)22-4-21-59-23-15-36(16-24-59)38-9-12-44-39(33-38)34-64(52(44)68)45-13-14-46(66)57-51(45)67/h1-3,5-12,33,35-36,40-41,45H,4,13-32,34H2,(H2,54,55,56)(H,57,66,67). The van der Waals surface area contributed by atoms with E-state index in [4.69, 9.17) is 15.6 Å². The number of benzene rings is 3. The van der Waals surface area contributed by atoms with Gasteiger partial charge in [0.2, 0.25) is 11.8 Å². The van der Waals surface area contributed by atoms with Gasteiger partial charge in [0.25, 0.3) is 5.91 Å². The fraction of sp³-hybridized carbons (Fsp3) is 0.491. The van der Waals surface area contributed by atoms with Gasteiger partial charge in [0.05, 0.1) is 11.4 Å². The van der Waals surface area contributed by atoms with Gasteiger partial charge in [-0.3, -0.25) is 24.6 Å². The maximum Gasteiger partial charge on any atom is 0.320 e. The Labute approximate surface area is 408 Å². The maximum atomic E-state index is 13.7. The number of hydrogen-bond donors (Lipinski definition) is 2. The van der Waals surface area contributed by atoms with Crippen molar-refractivity contribution in [1.82, 2.24) is 54.5 Å². The van der Waals surface area contributed by atoms with Crippen LogP contribution in [-0.2, 0) is 16.1 Å². The van der Waals surface area contributed by atoms with Gasteiger partial charge >= 0.3 is 6.03 Å². The number of imide groups is 1. The molecule has 2 aromatic heterocycles. The SMILES string of the molecule is Nc1ncnc2c1c(-c1ccc(Oc3ccccc3)cc1)nn2C1CCN(C2CCN(C(=O)N3CCN(CCCN4CCC(c5ccc6c(c5)CN(C5CCC(=O)NC5=O)C6=O)CC4)CC3)CC2)CC1. The first-order valence-corrected chi connectivity index (χ1v) is 25.5. The molecule has 0 bridgehead atoms. The Kier molecular flexibility index (Phi) is 13.2. The number of hydrogen-bond acceptors (Lipinski definition) is 12. The number of nitrogens with zero attached hydrogens (tertiary/aromatic N) is 10. The van der Waals surface area contributed by atoms with Crippen LogP contribution >= 0.6 is 0 Å². The van der Waals surface area contributed by atoms with Crippen LogP contribution in [-0.4, -0.2) is 164 Å². The predicted octanol–water partition coefficient (Wildman–Crippen LogP) is 5.74. The third kappa shape index (κ3) is 9.58. The van der Waals surface area contributed by atoms with Gasteiger partial charge in [-0.25, -0.2) is 19.4 Å². The number of carbonyl (C=O) groups is 4. The average molecular weight is 949 g/mol. The van der Waals surface area contributed by atoms with E-state index in [0.717, 1.165) is 163 Å². The van der Waals surface area contributed by atoms with Crippen LogP contribution in [0.25, 0.3) is 22.3 Å². The number of nitrogen functional groups attached to an aromatic ring is 1. The Bertz CT molecular complexity index is 2700. The predicted molar refractivity (Wildman–Crippen MR) is 265 cm³/mol. The van der Waals surface area contributed by atoms with E-state index in [1.165, 1.54) is 11.9 Å². The Morgan fingerprint density at radius 3 is 2.13 bits per heavy atom. The number of nitrogens with two attached hydrogens (primary N) is 1. The van der Waals surface area contributed by atoms with Gasteiger partial charge in [0, 0.05) is 82.5 Å².